The number of nitrogens with one attached hydrogen (secondary N) is 1. The fourth-order valence-electron chi connectivity index (χ4n) is 3.54. The van der Waals surface area contributed by atoms with Crippen molar-refractivity contribution in [3.63, 3.8) is 0 Å². The Morgan fingerprint density at radius 2 is 1.90 bits per heavy atom. The van der Waals surface area contributed by atoms with Crippen LogP contribution in [-0.2, 0) is 5.41 Å². The van der Waals surface area contributed by atoms with Gasteiger partial charge >= 0.3 is 0 Å². The molecule has 1 nitrogen and oxygen atoms in total. The van der Waals surface area contributed by atoms with E-state index in [1.54, 1.807) is 0 Å². The summed E-state index contributed by atoms with van der Waals surface area (Å²) in [6.45, 7) is 5.55. The summed E-state index contributed by atoms with van der Waals surface area (Å²) in [5, 5.41) is 3.85. The van der Waals surface area contributed by atoms with Gasteiger partial charge in [0, 0.05) is 15.2 Å². The van der Waals surface area contributed by atoms with Crippen molar-refractivity contribution in [3.8, 4) is 0 Å². The zero-order valence-electron chi connectivity index (χ0n) is 13.1. The van der Waals surface area contributed by atoms with Crippen molar-refractivity contribution >= 4 is 11.3 Å². The number of thiophene rings is 1. The molecule has 0 amide bonds. The second-order valence-electron chi connectivity index (χ2n) is 6.21. The maximum absolute atomic E-state index is 3.85. The van der Waals surface area contributed by atoms with Gasteiger partial charge in [0.15, 0.2) is 0 Å². The average molecular weight is 299 g/mol. The zero-order chi connectivity index (χ0) is 14.7. The third kappa shape index (κ3) is 2.79. The second-order valence-corrected chi connectivity index (χ2v) is 7.53. The Morgan fingerprint density at radius 1 is 1.14 bits per heavy atom. The Bertz CT molecular complexity index is 568. The van der Waals surface area contributed by atoms with E-state index in [-0.39, 0.29) is 0 Å². The summed E-state index contributed by atoms with van der Waals surface area (Å²) in [4.78, 5) is 2.92. The largest absolute Gasteiger partial charge is 0.309 e. The van der Waals surface area contributed by atoms with Gasteiger partial charge in [-0.3, -0.25) is 0 Å². The quantitative estimate of drug-likeness (QED) is 0.771. The Kier molecular flexibility index (Phi) is 4.46. The van der Waals surface area contributed by atoms with Gasteiger partial charge in [-0.25, -0.2) is 0 Å². The van der Waals surface area contributed by atoms with E-state index in [0.29, 0.717) is 11.5 Å². The highest BCUT2D eigenvalue weighted by Gasteiger charge is 2.46. The van der Waals surface area contributed by atoms with E-state index in [9.17, 15) is 0 Å². The maximum Gasteiger partial charge on any atom is 0.0513 e. The van der Waals surface area contributed by atoms with Crippen LogP contribution in [0.3, 0.4) is 0 Å². The van der Waals surface area contributed by atoms with E-state index in [1.165, 1.54) is 41.0 Å². The highest BCUT2D eigenvalue weighted by Crippen LogP contribution is 2.53. The highest BCUT2D eigenvalue weighted by molar-refractivity contribution is 7.12. The molecule has 1 aromatic carbocycles. The summed E-state index contributed by atoms with van der Waals surface area (Å²) in [7, 11) is 0. The summed E-state index contributed by atoms with van der Waals surface area (Å²) >= 11 is 1.95. The molecule has 112 valence electrons. The van der Waals surface area contributed by atoms with Gasteiger partial charge in [0.05, 0.1) is 6.04 Å². The van der Waals surface area contributed by atoms with Gasteiger partial charge in [-0.05, 0) is 50.4 Å². The minimum Gasteiger partial charge on any atom is -0.309 e. The molecule has 2 heteroatoms. The number of rotatable bonds is 6. The fourth-order valence-corrected chi connectivity index (χ4v) is 4.61. The lowest BCUT2D eigenvalue weighted by atomic mass is 9.59. The molecule has 0 saturated heterocycles. The summed E-state index contributed by atoms with van der Waals surface area (Å²) < 4.78 is 0. The minimum atomic E-state index is 0.299. The predicted octanol–water partition coefficient (Wildman–Crippen LogP) is 5.22. The first-order valence-corrected chi connectivity index (χ1v) is 8.93. The van der Waals surface area contributed by atoms with Crippen LogP contribution in [0.5, 0.6) is 0 Å². The molecule has 0 bridgehead atoms. The first-order valence-electron chi connectivity index (χ1n) is 8.11. The minimum absolute atomic E-state index is 0.299. The molecule has 21 heavy (non-hydrogen) atoms. The van der Waals surface area contributed by atoms with Crippen molar-refractivity contribution in [1.29, 1.82) is 0 Å². The van der Waals surface area contributed by atoms with E-state index < -0.39 is 0 Å². The molecule has 0 spiro atoms. The molecule has 1 aliphatic carbocycles. The Morgan fingerprint density at radius 3 is 2.43 bits per heavy atom. The number of benzene rings is 1. The number of aryl methyl sites for hydroxylation is 1. The Labute approximate surface area is 132 Å². The second kappa shape index (κ2) is 6.33. The van der Waals surface area contributed by atoms with Crippen molar-refractivity contribution < 1.29 is 0 Å². The molecule has 0 aliphatic heterocycles. The van der Waals surface area contributed by atoms with Gasteiger partial charge < -0.3 is 5.32 Å². The monoisotopic (exact) mass is 299 g/mol. The molecule has 1 unspecified atom stereocenters. The van der Waals surface area contributed by atoms with Crippen molar-refractivity contribution in [3.05, 3.63) is 57.8 Å². The maximum atomic E-state index is 3.85. The summed E-state index contributed by atoms with van der Waals surface area (Å²) in [5.41, 5.74) is 1.81. The van der Waals surface area contributed by atoms with Crippen molar-refractivity contribution in [2.75, 3.05) is 6.54 Å². The van der Waals surface area contributed by atoms with E-state index in [1.807, 2.05) is 11.3 Å². The Hall–Kier alpha value is -1.12. The molecular weight excluding hydrogens is 274 g/mol. The van der Waals surface area contributed by atoms with Crippen LogP contribution in [0.25, 0.3) is 0 Å². The molecule has 1 fully saturated rings. The van der Waals surface area contributed by atoms with Gasteiger partial charge in [0.1, 0.15) is 0 Å². The van der Waals surface area contributed by atoms with Crippen LogP contribution < -0.4 is 5.32 Å². The van der Waals surface area contributed by atoms with Gasteiger partial charge in [-0.1, -0.05) is 43.7 Å². The zero-order valence-corrected chi connectivity index (χ0v) is 13.9. The van der Waals surface area contributed by atoms with Crippen LogP contribution in [0, 0.1) is 6.92 Å². The fraction of sp³-hybridized carbons (Fsp3) is 0.474. The van der Waals surface area contributed by atoms with Crippen LogP contribution in [-0.4, -0.2) is 6.54 Å². The van der Waals surface area contributed by atoms with Crippen molar-refractivity contribution in [2.45, 2.75) is 51.0 Å². The van der Waals surface area contributed by atoms with Crippen LogP contribution in [0.2, 0.25) is 0 Å². The molecule has 1 N–H and O–H groups in total. The van der Waals surface area contributed by atoms with Gasteiger partial charge in [0.2, 0.25) is 0 Å². The number of hydrogen-bond donors (Lipinski definition) is 1. The normalized spacial score (nSPS) is 18.2. The van der Waals surface area contributed by atoms with Crippen molar-refractivity contribution in [1.82, 2.24) is 5.32 Å². The van der Waals surface area contributed by atoms with Crippen LogP contribution >= 0.6 is 11.3 Å². The standard InChI is InChI=1S/C19H25NS/c1-3-14-20-18(17-11-10-15(2)21-17)19(12-7-13-19)16-8-5-4-6-9-16/h4-6,8-11,18,20H,3,7,12-14H2,1-2H3. The highest BCUT2D eigenvalue weighted by atomic mass is 32.1. The van der Waals surface area contributed by atoms with Gasteiger partial charge in [-0.2, -0.15) is 0 Å². The summed E-state index contributed by atoms with van der Waals surface area (Å²) in [6, 6.07) is 16.2. The molecule has 1 heterocycles. The summed E-state index contributed by atoms with van der Waals surface area (Å²) in [6.07, 6.45) is 5.14. The number of hydrogen-bond acceptors (Lipinski definition) is 2. The van der Waals surface area contributed by atoms with E-state index in [2.05, 4.69) is 61.6 Å². The molecule has 1 aliphatic rings. The Balaban J connectivity index is 1.97. The SMILES string of the molecule is CCCNC(c1ccc(C)s1)C1(c2ccccc2)CCC1. The van der Waals surface area contributed by atoms with Crippen LogP contribution in [0.15, 0.2) is 42.5 Å². The first-order chi connectivity index (χ1) is 10.3. The average Bonchev–Trinajstić information content (AvgIpc) is 2.89. The third-order valence-electron chi connectivity index (χ3n) is 4.79. The third-order valence-corrected chi connectivity index (χ3v) is 5.86. The van der Waals surface area contributed by atoms with E-state index >= 15 is 0 Å². The molecule has 2 aromatic rings. The lowest BCUT2D eigenvalue weighted by Crippen LogP contribution is -2.46. The van der Waals surface area contributed by atoms with Crippen LogP contribution in [0.1, 0.15) is 54.0 Å². The topological polar surface area (TPSA) is 12.0 Å². The van der Waals surface area contributed by atoms with Crippen LogP contribution in [0.4, 0.5) is 0 Å². The summed E-state index contributed by atoms with van der Waals surface area (Å²) in [5.74, 6) is 0. The van der Waals surface area contributed by atoms with Crippen molar-refractivity contribution in [2.24, 2.45) is 0 Å². The first kappa shape index (κ1) is 14.8. The molecule has 1 aromatic heterocycles. The predicted molar refractivity (Wildman–Crippen MR) is 92.1 cm³/mol. The molecule has 1 atom stereocenters. The lowest BCUT2D eigenvalue weighted by Gasteiger charge is -2.48. The molecular formula is C19H25NS. The molecule has 3 rings (SSSR count). The molecule has 0 radical (unpaired) electrons. The van der Waals surface area contributed by atoms with Gasteiger partial charge in [0.25, 0.3) is 0 Å². The van der Waals surface area contributed by atoms with E-state index in [4.69, 9.17) is 0 Å². The van der Waals surface area contributed by atoms with Gasteiger partial charge in [-0.15, -0.1) is 11.3 Å². The smallest absolute Gasteiger partial charge is 0.0513 e. The molecule has 1 saturated carbocycles. The van der Waals surface area contributed by atoms with E-state index in [0.717, 1.165) is 6.54 Å². The lowest BCUT2D eigenvalue weighted by molar-refractivity contribution is 0.172.